The lowest BCUT2D eigenvalue weighted by Gasteiger charge is -2.16. The van der Waals surface area contributed by atoms with Crippen molar-refractivity contribution in [3.63, 3.8) is 0 Å². The molecule has 0 spiro atoms. The summed E-state index contributed by atoms with van der Waals surface area (Å²) in [5.41, 5.74) is 5.60. The van der Waals surface area contributed by atoms with Crippen LogP contribution in [-0.2, 0) is 0 Å². The Morgan fingerprint density at radius 1 is 0.862 bits per heavy atom. The maximum absolute atomic E-state index is 13.2. The molecule has 3 nitrogen and oxygen atoms in total. The molecule has 0 saturated heterocycles. The number of hydrogen-bond donors (Lipinski definition) is 0. The van der Waals surface area contributed by atoms with E-state index in [9.17, 15) is 4.79 Å². The van der Waals surface area contributed by atoms with Crippen LogP contribution in [0.1, 0.15) is 72.1 Å². The number of benzene rings is 2. The van der Waals surface area contributed by atoms with E-state index in [1.807, 2.05) is 25.1 Å². The summed E-state index contributed by atoms with van der Waals surface area (Å²) in [5.74, 6) is 1.59. The Bertz CT molecular complexity index is 842. The maximum Gasteiger partial charge on any atom is 0.186 e. The third kappa shape index (κ3) is 6.31. The summed E-state index contributed by atoms with van der Waals surface area (Å²) in [7, 11) is 0.0317. The molecule has 2 aromatic rings. The van der Waals surface area contributed by atoms with Gasteiger partial charge in [0.1, 0.15) is 11.5 Å². The first kappa shape index (κ1) is 23.4. The molecule has 1 atom stereocenters. The van der Waals surface area contributed by atoms with E-state index in [-0.39, 0.29) is 14.1 Å². The van der Waals surface area contributed by atoms with Gasteiger partial charge in [0.2, 0.25) is 0 Å². The summed E-state index contributed by atoms with van der Waals surface area (Å²) in [6.07, 6.45) is 4.19. The zero-order chi connectivity index (χ0) is 21.4. The van der Waals surface area contributed by atoms with Crippen LogP contribution in [0, 0.1) is 27.7 Å². The zero-order valence-corrected chi connectivity index (χ0v) is 19.8. The Kier molecular flexibility index (Phi) is 9.17. The van der Waals surface area contributed by atoms with Crippen LogP contribution in [-0.4, -0.2) is 18.7 Å². The highest BCUT2D eigenvalue weighted by Crippen LogP contribution is 2.31. The van der Waals surface area contributed by atoms with Crippen LogP contribution >= 0.6 is 8.58 Å². The second kappa shape index (κ2) is 11.4. The maximum atomic E-state index is 13.2. The monoisotopic (exact) mass is 414 g/mol. The van der Waals surface area contributed by atoms with Gasteiger partial charge in [-0.05, 0) is 83.5 Å². The Balaban J connectivity index is 2.28. The van der Waals surface area contributed by atoms with E-state index in [0.717, 1.165) is 59.2 Å². The molecular weight excluding hydrogens is 379 g/mol. The standard InChI is InChI=1S/C25H35O3P/c1-7-9-13-27-21-11-12-23(22(16-21)28-14-10-8-2)29-25(26)24-18(4)15-17(3)19(5)20(24)6/h11-12,15-16,29H,7-10,13-14H2,1-6H3. The molecule has 0 amide bonds. The van der Waals surface area contributed by atoms with Crippen LogP contribution < -0.4 is 14.8 Å². The Hall–Kier alpha value is -1.86. The number of unbranched alkanes of at least 4 members (excludes halogenated alkanes) is 2. The number of ether oxygens (including phenoxy) is 2. The van der Waals surface area contributed by atoms with Gasteiger partial charge in [0, 0.05) is 16.9 Å². The van der Waals surface area contributed by atoms with Gasteiger partial charge in [-0.15, -0.1) is 0 Å². The van der Waals surface area contributed by atoms with Gasteiger partial charge in [-0.2, -0.15) is 0 Å². The summed E-state index contributed by atoms with van der Waals surface area (Å²) >= 11 is 0. The van der Waals surface area contributed by atoms with Crippen LogP contribution in [0.25, 0.3) is 0 Å². The molecule has 0 N–H and O–H groups in total. The largest absolute Gasteiger partial charge is 0.493 e. The Morgan fingerprint density at radius 3 is 2.17 bits per heavy atom. The van der Waals surface area contributed by atoms with Crippen LogP contribution in [0.5, 0.6) is 11.5 Å². The first-order valence-electron chi connectivity index (χ1n) is 10.7. The minimum Gasteiger partial charge on any atom is -0.493 e. The molecule has 1 unspecified atom stereocenters. The molecule has 2 rings (SSSR count). The predicted molar refractivity (Wildman–Crippen MR) is 125 cm³/mol. The third-order valence-electron chi connectivity index (χ3n) is 5.31. The molecule has 29 heavy (non-hydrogen) atoms. The molecule has 0 bridgehead atoms. The summed E-state index contributed by atoms with van der Waals surface area (Å²) in [6, 6.07) is 8.01. The number of rotatable bonds is 11. The van der Waals surface area contributed by atoms with E-state index in [1.54, 1.807) is 0 Å². The molecule has 0 heterocycles. The number of hydrogen-bond acceptors (Lipinski definition) is 3. The van der Waals surface area contributed by atoms with Crippen molar-refractivity contribution in [2.75, 3.05) is 13.2 Å². The minimum absolute atomic E-state index is 0.0317. The number of carbonyl (C=O) groups excluding carboxylic acids is 1. The minimum atomic E-state index is 0.0317. The normalized spacial score (nSPS) is 11.2. The second-order valence-electron chi connectivity index (χ2n) is 7.65. The fourth-order valence-corrected chi connectivity index (χ4v) is 4.48. The van der Waals surface area contributed by atoms with E-state index in [4.69, 9.17) is 9.47 Å². The van der Waals surface area contributed by atoms with Crippen LogP contribution in [0.15, 0.2) is 24.3 Å². The van der Waals surface area contributed by atoms with E-state index in [2.05, 4.69) is 40.7 Å². The van der Waals surface area contributed by atoms with Gasteiger partial charge in [-0.25, -0.2) is 0 Å². The molecule has 0 aliphatic carbocycles. The topological polar surface area (TPSA) is 35.5 Å². The van der Waals surface area contributed by atoms with Gasteiger partial charge in [-0.3, -0.25) is 4.79 Å². The summed E-state index contributed by atoms with van der Waals surface area (Å²) < 4.78 is 11.9. The van der Waals surface area contributed by atoms with E-state index in [1.165, 1.54) is 11.1 Å². The lowest BCUT2D eigenvalue weighted by molar-refractivity contribution is 0.108. The van der Waals surface area contributed by atoms with Crippen molar-refractivity contribution in [3.05, 3.63) is 52.1 Å². The van der Waals surface area contributed by atoms with Crippen molar-refractivity contribution in [3.8, 4) is 11.5 Å². The fourth-order valence-electron chi connectivity index (χ4n) is 3.29. The highest BCUT2D eigenvalue weighted by atomic mass is 31.1. The average Bonchev–Trinajstić information content (AvgIpc) is 2.68. The highest BCUT2D eigenvalue weighted by Gasteiger charge is 2.18. The molecule has 0 saturated carbocycles. The van der Waals surface area contributed by atoms with Gasteiger partial charge in [-0.1, -0.05) is 32.8 Å². The van der Waals surface area contributed by atoms with Gasteiger partial charge in [0.15, 0.2) is 5.52 Å². The molecule has 0 fully saturated rings. The van der Waals surface area contributed by atoms with Crippen molar-refractivity contribution in [2.45, 2.75) is 67.2 Å². The molecule has 2 aromatic carbocycles. The van der Waals surface area contributed by atoms with Crippen molar-refractivity contribution in [2.24, 2.45) is 0 Å². The molecule has 0 aromatic heterocycles. The Labute approximate surface area is 178 Å². The van der Waals surface area contributed by atoms with Crippen molar-refractivity contribution in [1.29, 1.82) is 0 Å². The van der Waals surface area contributed by atoms with Gasteiger partial charge < -0.3 is 9.47 Å². The molecule has 0 radical (unpaired) electrons. The third-order valence-corrected chi connectivity index (χ3v) is 6.47. The van der Waals surface area contributed by atoms with E-state index >= 15 is 0 Å². The lowest BCUT2D eigenvalue weighted by atomic mass is 9.95. The Morgan fingerprint density at radius 2 is 1.52 bits per heavy atom. The SMILES string of the molecule is CCCCOc1ccc(PC(=O)c2c(C)cc(C)c(C)c2C)c(OCCCC)c1. The quantitative estimate of drug-likeness (QED) is 0.314. The first-order valence-corrected chi connectivity index (χ1v) is 11.7. The van der Waals surface area contributed by atoms with Crippen LogP contribution in [0.4, 0.5) is 0 Å². The van der Waals surface area contributed by atoms with Gasteiger partial charge >= 0.3 is 0 Å². The van der Waals surface area contributed by atoms with Crippen molar-refractivity contribution < 1.29 is 14.3 Å². The van der Waals surface area contributed by atoms with E-state index < -0.39 is 0 Å². The number of aryl methyl sites for hydroxylation is 2. The second-order valence-corrected chi connectivity index (χ2v) is 8.89. The summed E-state index contributed by atoms with van der Waals surface area (Å²) in [4.78, 5) is 13.2. The molecule has 0 aliphatic rings. The molecule has 158 valence electrons. The molecular formula is C25H35O3P. The average molecular weight is 415 g/mol. The molecule has 4 heteroatoms. The molecule has 0 aliphatic heterocycles. The first-order chi connectivity index (χ1) is 13.9. The van der Waals surface area contributed by atoms with Crippen molar-refractivity contribution >= 4 is 19.4 Å². The summed E-state index contributed by atoms with van der Waals surface area (Å²) in [5, 5.41) is 0.950. The van der Waals surface area contributed by atoms with Crippen molar-refractivity contribution in [1.82, 2.24) is 0 Å². The smallest absolute Gasteiger partial charge is 0.186 e. The predicted octanol–water partition coefficient (Wildman–Crippen LogP) is 6.42. The van der Waals surface area contributed by atoms with Gasteiger partial charge in [0.05, 0.1) is 13.2 Å². The van der Waals surface area contributed by atoms with E-state index in [0.29, 0.717) is 13.2 Å². The summed E-state index contributed by atoms with van der Waals surface area (Å²) in [6.45, 7) is 13.9. The number of carbonyl (C=O) groups is 1. The lowest BCUT2D eigenvalue weighted by Crippen LogP contribution is -2.11. The van der Waals surface area contributed by atoms with Crippen LogP contribution in [0.3, 0.4) is 0 Å². The van der Waals surface area contributed by atoms with Crippen LogP contribution in [0.2, 0.25) is 0 Å². The van der Waals surface area contributed by atoms with Gasteiger partial charge in [0.25, 0.3) is 0 Å². The zero-order valence-electron chi connectivity index (χ0n) is 18.8. The fraction of sp³-hybridized carbons (Fsp3) is 0.480. The highest BCUT2D eigenvalue weighted by molar-refractivity contribution is 7.66.